The summed E-state index contributed by atoms with van der Waals surface area (Å²) in [5.74, 6) is 0.845. The Labute approximate surface area is 179 Å². The van der Waals surface area contributed by atoms with Crippen LogP contribution in [0.2, 0.25) is 5.02 Å². The van der Waals surface area contributed by atoms with E-state index < -0.39 is 0 Å². The molecule has 0 N–H and O–H groups in total. The molecule has 0 atom stereocenters. The topological polar surface area (TPSA) is 30.7 Å². The van der Waals surface area contributed by atoms with E-state index in [-0.39, 0.29) is 5.82 Å². The van der Waals surface area contributed by atoms with Gasteiger partial charge in [0.15, 0.2) is 11.0 Å². The van der Waals surface area contributed by atoms with Gasteiger partial charge in [-0.3, -0.25) is 4.57 Å². The third kappa shape index (κ3) is 3.99. The molecular weight excluding hydrogens is 461 g/mol. The zero-order valence-electron chi connectivity index (χ0n) is 14.5. The minimum Gasteiger partial charge on any atom is -0.267 e. The first-order chi connectivity index (χ1) is 13.6. The number of benzene rings is 3. The van der Waals surface area contributed by atoms with Gasteiger partial charge in [-0.05, 0) is 42.0 Å². The van der Waals surface area contributed by atoms with E-state index in [1.54, 1.807) is 28.8 Å². The number of hydrogen-bond donors (Lipinski definition) is 0. The molecule has 0 radical (unpaired) electrons. The maximum atomic E-state index is 14.6. The first kappa shape index (κ1) is 19.2. The lowest BCUT2D eigenvalue weighted by Gasteiger charge is -2.12. The third-order valence-electron chi connectivity index (χ3n) is 4.12. The largest absolute Gasteiger partial charge is 0.267 e. The smallest absolute Gasteiger partial charge is 0.196 e. The molecule has 3 aromatic carbocycles. The van der Waals surface area contributed by atoms with E-state index in [1.165, 1.54) is 17.8 Å². The number of aromatic nitrogens is 3. The number of para-hydroxylation sites is 1. The molecule has 1 aromatic heterocycles. The fourth-order valence-corrected chi connectivity index (χ4v) is 4.14. The third-order valence-corrected chi connectivity index (χ3v) is 5.98. The van der Waals surface area contributed by atoms with Gasteiger partial charge < -0.3 is 0 Å². The molecule has 0 saturated carbocycles. The highest BCUT2D eigenvalue weighted by atomic mass is 79.9. The van der Waals surface area contributed by atoms with E-state index in [2.05, 4.69) is 26.1 Å². The van der Waals surface area contributed by atoms with Crippen LogP contribution in [0.25, 0.3) is 17.1 Å². The number of nitrogens with zero attached hydrogens (tertiary/aromatic N) is 3. The molecule has 0 aliphatic heterocycles. The van der Waals surface area contributed by atoms with E-state index in [0.29, 0.717) is 33.0 Å². The van der Waals surface area contributed by atoms with Crippen LogP contribution in [-0.4, -0.2) is 14.8 Å². The van der Waals surface area contributed by atoms with Crippen molar-refractivity contribution in [2.24, 2.45) is 0 Å². The quantitative estimate of drug-likeness (QED) is 0.299. The summed E-state index contributed by atoms with van der Waals surface area (Å²) < 4.78 is 17.4. The highest BCUT2D eigenvalue weighted by molar-refractivity contribution is 9.10. The Morgan fingerprint density at radius 2 is 1.64 bits per heavy atom. The fourth-order valence-electron chi connectivity index (χ4n) is 2.76. The SMILES string of the molecule is Fc1ccccc1-n1c(SCc2ccc(Br)cc2)nnc1-c1ccccc1Cl. The van der Waals surface area contributed by atoms with E-state index in [9.17, 15) is 4.39 Å². The lowest BCUT2D eigenvalue weighted by molar-refractivity contribution is 0.613. The van der Waals surface area contributed by atoms with Gasteiger partial charge in [0.1, 0.15) is 5.82 Å². The average molecular weight is 475 g/mol. The van der Waals surface area contributed by atoms with Gasteiger partial charge >= 0.3 is 0 Å². The summed E-state index contributed by atoms with van der Waals surface area (Å²) in [5, 5.41) is 9.79. The Bertz CT molecular complexity index is 1110. The zero-order valence-corrected chi connectivity index (χ0v) is 17.7. The van der Waals surface area contributed by atoms with Gasteiger partial charge in [-0.15, -0.1) is 10.2 Å². The highest BCUT2D eigenvalue weighted by Crippen LogP contribution is 2.33. The van der Waals surface area contributed by atoms with Crippen molar-refractivity contribution in [1.82, 2.24) is 14.8 Å². The lowest BCUT2D eigenvalue weighted by atomic mass is 10.2. The van der Waals surface area contributed by atoms with Crippen molar-refractivity contribution in [3.05, 3.63) is 93.7 Å². The minimum absolute atomic E-state index is 0.346. The molecule has 4 aromatic rings. The molecule has 0 aliphatic carbocycles. The number of thioether (sulfide) groups is 1. The summed E-state index contributed by atoms with van der Waals surface area (Å²) in [6, 6.07) is 22.0. The van der Waals surface area contributed by atoms with Gasteiger partial charge in [-0.1, -0.05) is 75.7 Å². The highest BCUT2D eigenvalue weighted by Gasteiger charge is 2.20. The summed E-state index contributed by atoms with van der Waals surface area (Å²) in [7, 11) is 0. The van der Waals surface area contributed by atoms with Gasteiger partial charge in [-0.25, -0.2) is 4.39 Å². The molecule has 0 aliphatic rings. The summed E-state index contributed by atoms with van der Waals surface area (Å²) in [6.45, 7) is 0. The average Bonchev–Trinajstić information content (AvgIpc) is 3.12. The molecule has 140 valence electrons. The molecule has 0 spiro atoms. The summed E-state index contributed by atoms with van der Waals surface area (Å²) in [5.41, 5.74) is 2.23. The number of rotatable bonds is 5. The predicted molar refractivity (Wildman–Crippen MR) is 115 cm³/mol. The van der Waals surface area contributed by atoms with Crippen LogP contribution in [-0.2, 0) is 5.75 Å². The van der Waals surface area contributed by atoms with Gasteiger partial charge in [0, 0.05) is 15.8 Å². The maximum Gasteiger partial charge on any atom is 0.196 e. The second-order valence-electron chi connectivity index (χ2n) is 5.99. The molecular formula is C21H14BrClFN3S. The molecule has 0 fully saturated rings. The molecule has 4 rings (SSSR count). The minimum atomic E-state index is -0.346. The van der Waals surface area contributed by atoms with Crippen LogP contribution in [0.4, 0.5) is 4.39 Å². The summed E-state index contributed by atoms with van der Waals surface area (Å²) in [6.07, 6.45) is 0. The Balaban J connectivity index is 1.77. The first-order valence-corrected chi connectivity index (χ1v) is 10.6. The van der Waals surface area contributed by atoms with Crippen LogP contribution in [0, 0.1) is 5.82 Å². The summed E-state index contributed by atoms with van der Waals surface area (Å²) >= 11 is 11.3. The molecule has 3 nitrogen and oxygen atoms in total. The van der Waals surface area contributed by atoms with Gasteiger partial charge in [0.2, 0.25) is 0 Å². The van der Waals surface area contributed by atoms with Crippen molar-refractivity contribution in [1.29, 1.82) is 0 Å². The van der Waals surface area contributed by atoms with Gasteiger partial charge in [0.25, 0.3) is 0 Å². The van der Waals surface area contributed by atoms with E-state index >= 15 is 0 Å². The second-order valence-corrected chi connectivity index (χ2v) is 8.25. The Kier molecular flexibility index (Phi) is 5.80. The van der Waals surface area contributed by atoms with Crippen molar-refractivity contribution < 1.29 is 4.39 Å². The maximum absolute atomic E-state index is 14.6. The molecule has 28 heavy (non-hydrogen) atoms. The second kappa shape index (κ2) is 8.47. The van der Waals surface area contributed by atoms with Crippen LogP contribution in [0.15, 0.2) is 82.4 Å². The first-order valence-electron chi connectivity index (χ1n) is 8.46. The molecule has 0 unspecified atom stereocenters. The molecule has 1 heterocycles. The van der Waals surface area contributed by atoms with Crippen molar-refractivity contribution in [2.75, 3.05) is 0 Å². The Hall–Kier alpha value is -2.15. The Morgan fingerprint density at radius 3 is 2.39 bits per heavy atom. The van der Waals surface area contributed by atoms with Crippen molar-refractivity contribution in [3.63, 3.8) is 0 Å². The van der Waals surface area contributed by atoms with Crippen molar-refractivity contribution >= 4 is 39.3 Å². The fraction of sp³-hybridized carbons (Fsp3) is 0.0476. The van der Waals surface area contributed by atoms with Crippen LogP contribution >= 0.6 is 39.3 Å². The Morgan fingerprint density at radius 1 is 0.929 bits per heavy atom. The lowest BCUT2D eigenvalue weighted by Crippen LogP contribution is -2.02. The predicted octanol–water partition coefficient (Wildman–Crippen LogP) is 6.78. The standard InChI is InChI=1S/C21H14BrClFN3S/c22-15-11-9-14(10-12-15)13-28-21-26-25-20(16-5-1-2-6-17(16)23)27(21)19-8-4-3-7-18(19)24/h1-12H,13H2. The van der Waals surface area contributed by atoms with Crippen molar-refractivity contribution in [3.8, 4) is 17.1 Å². The number of hydrogen-bond acceptors (Lipinski definition) is 3. The number of halogens is 3. The van der Waals surface area contributed by atoms with Crippen LogP contribution < -0.4 is 0 Å². The zero-order chi connectivity index (χ0) is 19.5. The summed E-state index contributed by atoms with van der Waals surface area (Å²) in [4.78, 5) is 0. The van der Waals surface area contributed by atoms with Gasteiger partial charge in [-0.2, -0.15) is 0 Å². The van der Waals surface area contributed by atoms with E-state index in [0.717, 1.165) is 10.0 Å². The van der Waals surface area contributed by atoms with E-state index in [1.807, 2.05) is 42.5 Å². The normalized spacial score (nSPS) is 11.0. The molecule has 7 heteroatoms. The van der Waals surface area contributed by atoms with Crippen LogP contribution in [0.3, 0.4) is 0 Å². The molecule has 0 bridgehead atoms. The van der Waals surface area contributed by atoms with Crippen LogP contribution in [0.1, 0.15) is 5.56 Å². The van der Waals surface area contributed by atoms with Crippen LogP contribution in [0.5, 0.6) is 0 Å². The van der Waals surface area contributed by atoms with Crippen molar-refractivity contribution in [2.45, 2.75) is 10.9 Å². The van der Waals surface area contributed by atoms with E-state index in [4.69, 9.17) is 11.6 Å². The molecule has 0 amide bonds. The van der Waals surface area contributed by atoms with Gasteiger partial charge in [0.05, 0.1) is 10.7 Å². The molecule has 0 saturated heterocycles. The monoisotopic (exact) mass is 473 g/mol.